The van der Waals surface area contributed by atoms with Crippen LogP contribution in [-0.4, -0.2) is 19.5 Å². The Balaban J connectivity index is 2.34. The van der Waals surface area contributed by atoms with Gasteiger partial charge in [-0.05, 0) is 25.0 Å². The number of hydrazine groups is 1. The lowest BCUT2D eigenvalue weighted by atomic mass is 10.1. The van der Waals surface area contributed by atoms with E-state index in [1.54, 1.807) is 0 Å². The molecule has 0 saturated carbocycles. The normalized spacial score (nSPS) is 9.74. The van der Waals surface area contributed by atoms with Gasteiger partial charge in [-0.25, -0.2) is 5.84 Å². The minimum absolute atomic E-state index is 0.122. The summed E-state index contributed by atoms with van der Waals surface area (Å²) in [6.45, 7) is 0.864. The van der Waals surface area contributed by atoms with E-state index in [1.807, 2.05) is 31.3 Å². The van der Waals surface area contributed by atoms with Crippen LogP contribution in [0.5, 0.6) is 0 Å². The standard InChI is InChI=1S/C14H20N4O/c1-18(10-6-2-3-9-14(19)17-16)13-8-5-4-7-12(13)11-15/h4-5,7-8H,2-3,6,9-10,16H2,1H3,(H,17,19). The van der Waals surface area contributed by atoms with E-state index in [9.17, 15) is 4.79 Å². The molecule has 0 atom stereocenters. The van der Waals surface area contributed by atoms with Gasteiger partial charge in [-0.2, -0.15) is 5.26 Å². The number of nitriles is 1. The first-order valence-electron chi connectivity index (χ1n) is 6.38. The largest absolute Gasteiger partial charge is 0.374 e. The maximum Gasteiger partial charge on any atom is 0.233 e. The van der Waals surface area contributed by atoms with Gasteiger partial charge < -0.3 is 4.90 Å². The van der Waals surface area contributed by atoms with Crippen molar-refractivity contribution in [3.63, 3.8) is 0 Å². The van der Waals surface area contributed by atoms with Gasteiger partial charge in [0.1, 0.15) is 6.07 Å². The predicted octanol–water partition coefficient (Wildman–Crippen LogP) is 1.54. The Morgan fingerprint density at radius 1 is 1.37 bits per heavy atom. The lowest BCUT2D eigenvalue weighted by molar-refractivity contribution is -0.121. The Hall–Kier alpha value is -2.06. The Morgan fingerprint density at radius 3 is 2.79 bits per heavy atom. The molecule has 0 aliphatic carbocycles. The van der Waals surface area contributed by atoms with E-state index in [0.29, 0.717) is 12.0 Å². The zero-order valence-corrected chi connectivity index (χ0v) is 11.2. The summed E-state index contributed by atoms with van der Waals surface area (Å²) in [4.78, 5) is 13.0. The average molecular weight is 260 g/mol. The molecule has 5 heteroatoms. The van der Waals surface area contributed by atoms with Crippen molar-refractivity contribution in [2.45, 2.75) is 25.7 Å². The summed E-state index contributed by atoms with van der Waals surface area (Å²) in [6, 6.07) is 9.75. The maximum atomic E-state index is 10.9. The predicted molar refractivity (Wildman–Crippen MR) is 75.2 cm³/mol. The third-order valence-corrected chi connectivity index (χ3v) is 2.99. The highest BCUT2D eigenvalue weighted by molar-refractivity contribution is 5.75. The average Bonchev–Trinajstić information content (AvgIpc) is 2.46. The molecule has 1 aromatic rings. The minimum Gasteiger partial charge on any atom is -0.374 e. The van der Waals surface area contributed by atoms with Crippen molar-refractivity contribution in [1.82, 2.24) is 5.43 Å². The number of anilines is 1. The van der Waals surface area contributed by atoms with Gasteiger partial charge in [0.05, 0.1) is 11.3 Å². The number of rotatable bonds is 7. The van der Waals surface area contributed by atoms with Gasteiger partial charge in [0.25, 0.3) is 0 Å². The number of amides is 1. The molecule has 0 spiro atoms. The number of hydrogen-bond donors (Lipinski definition) is 2. The van der Waals surface area contributed by atoms with Crippen LogP contribution < -0.4 is 16.2 Å². The summed E-state index contributed by atoms with van der Waals surface area (Å²) >= 11 is 0. The second kappa shape index (κ2) is 8.11. The first kappa shape index (κ1) is 15.0. The molecule has 3 N–H and O–H groups in total. The van der Waals surface area contributed by atoms with Crippen LogP contribution in [0.3, 0.4) is 0 Å². The maximum absolute atomic E-state index is 10.9. The zero-order chi connectivity index (χ0) is 14.1. The lowest BCUT2D eigenvalue weighted by Gasteiger charge is -2.20. The SMILES string of the molecule is CN(CCCCCC(=O)NN)c1ccccc1C#N. The smallest absolute Gasteiger partial charge is 0.233 e. The first-order chi connectivity index (χ1) is 9.19. The highest BCUT2D eigenvalue weighted by Crippen LogP contribution is 2.18. The molecule has 0 aromatic heterocycles. The lowest BCUT2D eigenvalue weighted by Crippen LogP contribution is -2.29. The van der Waals surface area contributed by atoms with Gasteiger partial charge in [-0.1, -0.05) is 18.6 Å². The fraction of sp³-hybridized carbons (Fsp3) is 0.429. The molecule has 0 fully saturated rings. The van der Waals surface area contributed by atoms with Crippen LogP contribution in [0.2, 0.25) is 0 Å². The molecule has 0 heterocycles. The first-order valence-corrected chi connectivity index (χ1v) is 6.38. The van der Waals surface area contributed by atoms with E-state index in [2.05, 4.69) is 16.4 Å². The van der Waals surface area contributed by atoms with Crippen molar-refractivity contribution in [3.05, 3.63) is 29.8 Å². The number of benzene rings is 1. The van der Waals surface area contributed by atoms with Crippen LogP contribution >= 0.6 is 0 Å². The van der Waals surface area contributed by atoms with E-state index < -0.39 is 0 Å². The molecular formula is C14H20N4O. The molecule has 5 nitrogen and oxygen atoms in total. The van der Waals surface area contributed by atoms with Crippen LogP contribution in [-0.2, 0) is 4.79 Å². The fourth-order valence-electron chi connectivity index (χ4n) is 1.90. The third kappa shape index (κ3) is 4.98. The number of nitrogens with one attached hydrogen (secondary N) is 1. The van der Waals surface area contributed by atoms with Crippen molar-refractivity contribution in [1.29, 1.82) is 5.26 Å². The van der Waals surface area contributed by atoms with Crippen molar-refractivity contribution in [3.8, 4) is 6.07 Å². The number of para-hydroxylation sites is 1. The number of nitrogens with zero attached hydrogens (tertiary/aromatic N) is 2. The fourth-order valence-corrected chi connectivity index (χ4v) is 1.90. The molecule has 0 aliphatic rings. The number of nitrogens with two attached hydrogens (primary N) is 1. The summed E-state index contributed by atoms with van der Waals surface area (Å²) in [7, 11) is 1.97. The van der Waals surface area contributed by atoms with Crippen molar-refractivity contribution >= 4 is 11.6 Å². The van der Waals surface area contributed by atoms with Crippen LogP contribution in [0, 0.1) is 11.3 Å². The molecule has 0 unspecified atom stereocenters. The van der Waals surface area contributed by atoms with Gasteiger partial charge in [-0.15, -0.1) is 0 Å². The molecule has 19 heavy (non-hydrogen) atoms. The highest BCUT2D eigenvalue weighted by atomic mass is 16.2. The molecule has 0 radical (unpaired) electrons. The van der Waals surface area contributed by atoms with Gasteiger partial charge in [-0.3, -0.25) is 10.2 Å². The van der Waals surface area contributed by atoms with E-state index in [-0.39, 0.29) is 5.91 Å². The van der Waals surface area contributed by atoms with Crippen molar-refractivity contribution < 1.29 is 4.79 Å². The third-order valence-electron chi connectivity index (χ3n) is 2.99. The van der Waals surface area contributed by atoms with Gasteiger partial charge in [0.2, 0.25) is 5.91 Å². The zero-order valence-electron chi connectivity index (χ0n) is 11.2. The van der Waals surface area contributed by atoms with Gasteiger partial charge in [0, 0.05) is 20.0 Å². The molecule has 1 aromatic carbocycles. The number of carbonyl (C=O) groups is 1. The highest BCUT2D eigenvalue weighted by Gasteiger charge is 2.06. The van der Waals surface area contributed by atoms with Gasteiger partial charge in [0.15, 0.2) is 0 Å². The van der Waals surface area contributed by atoms with Crippen LogP contribution in [0.1, 0.15) is 31.2 Å². The second-order valence-electron chi connectivity index (χ2n) is 4.43. The summed E-state index contributed by atoms with van der Waals surface area (Å²) in [6.07, 6.45) is 3.24. The van der Waals surface area contributed by atoms with Crippen LogP contribution in [0.15, 0.2) is 24.3 Å². The summed E-state index contributed by atoms with van der Waals surface area (Å²) in [5.41, 5.74) is 3.76. The van der Waals surface area contributed by atoms with E-state index in [4.69, 9.17) is 11.1 Å². The summed E-state index contributed by atoms with van der Waals surface area (Å²) in [5.74, 6) is 4.88. The summed E-state index contributed by atoms with van der Waals surface area (Å²) in [5, 5.41) is 9.03. The molecular weight excluding hydrogens is 240 g/mol. The number of unbranched alkanes of at least 4 members (excludes halogenated alkanes) is 2. The Labute approximate surface area is 114 Å². The van der Waals surface area contributed by atoms with E-state index in [0.717, 1.165) is 31.5 Å². The topological polar surface area (TPSA) is 82.2 Å². The van der Waals surface area contributed by atoms with E-state index >= 15 is 0 Å². The Morgan fingerprint density at radius 2 is 2.11 bits per heavy atom. The molecule has 0 bridgehead atoms. The van der Waals surface area contributed by atoms with E-state index in [1.165, 1.54) is 0 Å². The monoisotopic (exact) mass is 260 g/mol. The van der Waals surface area contributed by atoms with Crippen molar-refractivity contribution in [2.24, 2.45) is 5.84 Å². The Bertz CT molecular complexity index is 453. The molecule has 1 rings (SSSR count). The molecule has 1 amide bonds. The summed E-state index contributed by atoms with van der Waals surface area (Å²) < 4.78 is 0. The van der Waals surface area contributed by atoms with Crippen LogP contribution in [0.25, 0.3) is 0 Å². The van der Waals surface area contributed by atoms with Crippen LogP contribution in [0.4, 0.5) is 5.69 Å². The quantitative estimate of drug-likeness (QED) is 0.337. The molecule has 0 saturated heterocycles. The van der Waals surface area contributed by atoms with Gasteiger partial charge >= 0.3 is 0 Å². The molecule has 102 valence electrons. The second-order valence-corrected chi connectivity index (χ2v) is 4.43. The number of hydrogen-bond acceptors (Lipinski definition) is 4. The number of carbonyl (C=O) groups excluding carboxylic acids is 1. The molecule has 0 aliphatic heterocycles. The Kier molecular flexibility index (Phi) is 6.41. The minimum atomic E-state index is -0.122. The van der Waals surface area contributed by atoms with Crippen molar-refractivity contribution in [2.75, 3.05) is 18.5 Å².